The fourth-order valence-corrected chi connectivity index (χ4v) is 4.71. The van der Waals surface area contributed by atoms with Crippen LogP contribution < -0.4 is 15.8 Å². The highest BCUT2D eigenvalue weighted by Gasteiger charge is 2.25. The minimum atomic E-state index is -3.31. The summed E-state index contributed by atoms with van der Waals surface area (Å²) < 4.78 is 39.7. The molecule has 1 saturated heterocycles. The number of aromatic nitrogens is 1. The first kappa shape index (κ1) is 27.0. The molecule has 0 saturated carbocycles. The van der Waals surface area contributed by atoms with Crippen LogP contribution in [0.1, 0.15) is 15.9 Å². The van der Waals surface area contributed by atoms with Gasteiger partial charge in [0.1, 0.15) is 5.82 Å². The molecule has 2 heterocycles. The Kier molecular flexibility index (Phi) is 8.85. The summed E-state index contributed by atoms with van der Waals surface area (Å²) in [6.45, 7) is 1.04. The van der Waals surface area contributed by atoms with Crippen molar-refractivity contribution in [3.63, 3.8) is 0 Å². The average Bonchev–Trinajstić information content (AvgIpc) is 2.95. The van der Waals surface area contributed by atoms with Gasteiger partial charge in [-0.3, -0.25) is 30.3 Å². The van der Waals surface area contributed by atoms with Gasteiger partial charge in [0.05, 0.1) is 6.54 Å². The van der Waals surface area contributed by atoms with Gasteiger partial charge in [0, 0.05) is 53.8 Å². The number of hydrogen-bond acceptors (Lipinski definition) is 5. The standard InChI is InChI=1S/C26H24F3N5O3S/c27-22-15-19(24(35)31-32-25(36)23(28)29)1-2-20(22)16-34(26(37)33-11-13-38-14-12-33)21-5-3-17(4-6-21)18-7-9-30-10-8-18/h1-10,15,23H,11-14,16H2,(H,31,35)(H,32,36). The Hall–Kier alpha value is -4.06. The lowest BCUT2D eigenvalue weighted by Crippen LogP contribution is -2.46. The minimum absolute atomic E-state index is 0.104. The van der Waals surface area contributed by atoms with Crippen molar-refractivity contribution in [2.24, 2.45) is 0 Å². The van der Waals surface area contributed by atoms with Crippen LogP contribution in [0.5, 0.6) is 0 Å². The van der Waals surface area contributed by atoms with Gasteiger partial charge in [0.15, 0.2) is 0 Å². The average molecular weight is 544 g/mol. The molecule has 0 spiro atoms. The molecule has 0 aliphatic carbocycles. The van der Waals surface area contributed by atoms with E-state index in [2.05, 4.69) is 4.98 Å². The van der Waals surface area contributed by atoms with Crippen LogP contribution in [0.2, 0.25) is 0 Å². The van der Waals surface area contributed by atoms with Crippen molar-refractivity contribution in [1.29, 1.82) is 0 Å². The van der Waals surface area contributed by atoms with Crippen molar-refractivity contribution < 1.29 is 27.6 Å². The maximum atomic E-state index is 15.1. The predicted octanol–water partition coefficient (Wildman–Crippen LogP) is 4.09. The van der Waals surface area contributed by atoms with E-state index in [9.17, 15) is 23.2 Å². The lowest BCUT2D eigenvalue weighted by Gasteiger charge is -2.33. The van der Waals surface area contributed by atoms with Crippen molar-refractivity contribution >= 4 is 35.3 Å². The van der Waals surface area contributed by atoms with Gasteiger partial charge < -0.3 is 4.90 Å². The summed E-state index contributed by atoms with van der Waals surface area (Å²) in [5, 5.41) is 0. The Morgan fingerprint density at radius 1 is 0.947 bits per heavy atom. The highest BCUT2D eigenvalue weighted by Crippen LogP contribution is 2.26. The van der Waals surface area contributed by atoms with Crippen molar-refractivity contribution in [2.75, 3.05) is 29.5 Å². The second-order valence-corrected chi connectivity index (χ2v) is 9.53. The Labute approximate surface area is 221 Å². The summed E-state index contributed by atoms with van der Waals surface area (Å²) in [4.78, 5) is 43.8. The van der Waals surface area contributed by atoms with Gasteiger partial charge in [0.25, 0.3) is 5.91 Å². The van der Waals surface area contributed by atoms with Gasteiger partial charge in [0.2, 0.25) is 0 Å². The van der Waals surface area contributed by atoms with Crippen LogP contribution in [-0.4, -0.2) is 58.8 Å². The van der Waals surface area contributed by atoms with Crippen LogP contribution >= 0.6 is 11.8 Å². The minimum Gasteiger partial charge on any atom is -0.323 e. The topological polar surface area (TPSA) is 94.6 Å². The van der Waals surface area contributed by atoms with E-state index in [0.29, 0.717) is 18.8 Å². The number of alkyl halides is 2. The third kappa shape index (κ3) is 6.62. The Morgan fingerprint density at radius 2 is 1.61 bits per heavy atom. The van der Waals surface area contributed by atoms with Crippen LogP contribution in [0, 0.1) is 5.82 Å². The van der Waals surface area contributed by atoms with E-state index >= 15 is 4.39 Å². The second kappa shape index (κ2) is 12.5. The van der Waals surface area contributed by atoms with Crippen LogP contribution in [0.25, 0.3) is 11.1 Å². The maximum Gasteiger partial charge on any atom is 0.324 e. The van der Waals surface area contributed by atoms with Crippen LogP contribution in [-0.2, 0) is 11.3 Å². The number of urea groups is 1. The number of nitrogens with zero attached hydrogens (tertiary/aromatic N) is 3. The molecule has 4 amide bonds. The number of thioether (sulfide) groups is 1. The molecule has 0 bridgehead atoms. The summed E-state index contributed by atoms with van der Waals surface area (Å²) >= 11 is 1.76. The van der Waals surface area contributed by atoms with Crippen LogP contribution in [0.3, 0.4) is 0 Å². The number of amides is 4. The number of halogens is 3. The van der Waals surface area contributed by atoms with E-state index in [0.717, 1.165) is 28.7 Å². The number of hydrogen-bond donors (Lipinski definition) is 2. The zero-order chi connectivity index (χ0) is 27.1. The summed E-state index contributed by atoms with van der Waals surface area (Å²) in [5.74, 6) is -1.80. The fourth-order valence-electron chi connectivity index (χ4n) is 3.81. The molecule has 3 aromatic rings. The number of rotatable bonds is 6. The van der Waals surface area contributed by atoms with Gasteiger partial charge in [-0.15, -0.1) is 0 Å². The first-order valence-corrected chi connectivity index (χ1v) is 12.8. The third-order valence-electron chi connectivity index (χ3n) is 5.85. The molecule has 0 atom stereocenters. The lowest BCUT2D eigenvalue weighted by molar-refractivity contribution is -0.132. The van der Waals surface area contributed by atoms with E-state index in [4.69, 9.17) is 0 Å². The van der Waals surface area contributed by atoms with E-state index in [-0.39, 0.29) is 23.7 Å². The molecule has 8 nitrogen and oxygen atoms in total. The number of nitrogens with one attached hydrogen (secondary N) is 2. The predicted molar refractivity (Wildman–Crippen MR) is 138 cm³/mol. The van der Waals surface area contributed by atoms with E-state index in [1.807, 2.05) is 29.7 Å². The normalized spacial score (nSPS) is 13.2. The fraction of sp³-hybridized carbons (Fsp3) is 0.231. The SMILES string of the molecule is O=C(NNC(=O)C(F)F)c1ccc(CN(C(=O)N2CCSCC2)c2ccc(-c3ccncc3)cc2)c(F)c1. The molecular formula is C26H24F3N5O3S. The number of anilines is 1. The smallest absolute Gasteiger partial charge is 0.323 e. The molecule has 1 aliphatic heterocycles. The lowest BCUT2D eigenvalue weighted by atomic mass is 10.1. The highest BCUT2D eigenvalue weighted by atomic mass is 32.2. The van der Waals surface area contributed by atoms with Gasteiger partial charge >= 0.3 is 18.4 Å². The molecule has 198 valence electrons. The van der Waals surface area contributed by atoms with Gasteiger partial charge in [-0.25, -0.2) is 9.18 Å². The monoisotopic (exact) mass is 543 g/mol. The molecular weight excluding hydrogens is 519 g/mol. The van der Waals surface area contributed by atoms with Crippen molar-refractivity contribution in [3.05, 3.63) is 83.9 Å². The Bertz CT molecular complexity index is 1290. The molecule has 1 aliphatic rings. The molecule has 38 heavy (non-hydrogen) atoms. The molecule has 12 heteroatoms. The molecule has 1 aromatic heterocycles. The van der Waals surface area contributed by atoms with Crippen LogP contribution in [0.15, 0.2) is 67.0 Å². The summed E-state index contributed by atoms with van der Waals surface area (Å²) in [7, 11) is 0. The number of hydrazine groups is 1. The summed E-state index contributed by atoms with van der Waals surface area (Å²) in [6.07, 6.45) is 0.0648. The zero-order valence-electron chi connectivity index (χ0n) is 20.1. The largest absolute Gasteiger partial charge is 0.324 e. The molecule has 4 rings (SSSR count). The first-order valence-electron chi connectivity index (χ1n) is 11.6. The molecule has 1 fully saturated rings. The van der Waals surface area contributed by atoms with E-state index in [1.54, 1.807) is 46.6 Å². The zero-order valence-corrected chi connectivity index (χ0v) is 20.9. The van der Waals surface area contributed by atoms with Crippen molar-refractivity contribution in [1.82, 2.24) is 20.7 Å². The van der Waals surface area contributed by atoms with Gasteiger partial charge in [-0.1, -0.05) is 18.2 Å². The van der Waals surface area contributed by atoms with Gasteiger partial charge in [-0.05, 0) is 47.5 Å². The van der Waals surface area contributed by atoms with Crippen molar-refractivity contribution in [3.8, 4) is 11.1 Å². The summed E-state index contributed by atoms with van der Waals surface area (Å²) in [6, 6.07) is 14.3. The maximum absolute atomic E-state index is 15.1. The van der Waals surface area contributed by atoms with Crippen LogP contribution in [0.4, 0.5) is 23.7 Å². The molecule has 0 unspecified atom stereocenters. The summed E-state index contributed by atoms with van der Waals surface area (Å²) in [5.41, 5.74) is 5.80. The Balaban J connectivity index is 1.56. The third-order valence-corrected chi connectivity index (χ3v) is 6.79. The van der Waals surface area contributed by atoms with Crippen molar-refractivity contribution in [2.45, 2.75) is 13.0 Å². The number of carbonyl (C=O) groups excluding carboxylic acids is 3. The Morgan fingerprint density at radius 3 is 2.24 bits per heavy atom. The van der Waals surface area contributed by atoms with E-state index < -0.39 is 24.1 Å². The molecule has 0 radical (unpaired) electrons. The molecule has 2 N–H and O–H groups in total. The number of pyridine rings is 1. The van der Waals surface area contributed by atoms with Gasteiger partial charge in [-0.2, -0.15) is 20.5 Å². The first-order chi connectivity index (χ1) is 18.3. The van der Waals surface area contributed by atoms with E-state index in [1.165, 1.54) is 17.0 Å². The quantitative estimate of drug-likeness (QED) is 0.457. The molecule has 2 aromatic carbocycles. The number of carbonyl (C=O) groups is 3. The highest BCUT2D eigenvalue weighted by molar-refractivity contribution is 7.99. The number of benzene rings is 2. The second-order valence-electron chi connectivity index (χ2n) is 8.30.